The molecule has 2 bridgehead atoms. The van der Waals surface area contributed by atoms with Gasteiger partial charge in [0, 0.05) is 41.3 Å². The van der Waals surface area contributed by atoms with Gasteiger partial charge in [-0.3, -0.25) is 14.4 Å². The van der Waals surface area contributed by atoms with Gasteiger partial charge in [0.15, 0.2) is 5.75 Å². The highest BCUT2D eigenvalue weighted by Crippen LogP contribution is 2.46. The van der Waals surface area contributed by atoms with Crippen LogP contribution in [0.2, 0.25) is 0 Å². The molecule has 60 heavy (non-hydrogen) atoms. The summed E-state index contributed by atoms with van der Waals surface area (Å²) in [6.45, 7) is 10.0. The van der Waals surface area contributed by atoms with Crippen molar-refractivity contribution in [3.05, 3.63) is 96.2 Å². The van der Waals surface area contributed by atoms with Crippen LogP contribution in [0.25, 0.3) is 10.8 Å². The number of rotatable bonds is 14. The largest absolute Gasteiger partial charge is 0.496 e. The lowest BCUT2D eigenvalue weighted by Gasteiger charge is -2.48. The number of nitrogens with one attached hydrogen (secondary N) is 3. The van der Waals surface area contributed by atoms with Crippen molar-refractivity contribution in [2.75, 3.05) is 61.6 Å². The molecule has 316 valence electrons. The van der Waals surface area contributed by atoms with Crippen molar-refractivity contribution >= 4 is 61.3 Å². The zero-order valence-electron chi connectivity index (χ0n) is 34.9. The molecule has 8 rings (SSSR count). The normalized spacial score (nSPS) is 17.5. The highest BCUT2D eigenvalue weighted by Gasteiger charge is 2.39. The zero-order valence-corrected chi connectivity index (χ0v) is 35.7. The number of pyridine rings is 1. The van der Waals surface area contributed by atoms with Gasteiger partial charge in [0.1, 0.15) is 23.1 Å². The van der Waals surface area contributed by atoms with E-state index in [-0.39, 0.29) is 23.0 Å². The number of nitrogens with two attached hydrogens (primary N) is 1. The van der Waals surface area contributed by atoms with E-state index in [4.69, 9.17) is 19.9 Å². The average molecular weight is 836 g/mol. The first-order valence-electron chi connectivity index (χ1n) is 20.0. The van der Waals surface area contributed by atoms with Gasteiger partial charge in [-0.05, 0) is 104 Å². The standard InChI is InChI=1S/C45H53N7O7S/c1-44(2,3)29-25-35(50-60(6,55)56)41(58-5)37(26-29)52(43(46)54)36-13-14-38(33-10-8-7-9-32(33)36)59-31-15-20-47-40(28-31)49-30-11-12-34(39(27-30)57-4)42(53)48-21-16-45-17-22-51(23-18-45)24-19-45/h7-15,20,25-28,50H,16-19,21-24H2,1-6H3,(H2,46,54)(H,47,49)(H,48,53). The van der Waals surface area contributed by atoms with Crippen LogP contribution in [0.1, 0.15) is 62.4 Å². The van der Waals surface area contributed by atoms with E-state index in [1.54, 1.807) is 61.8 Å². The van der Waals surface area contributed by atoms with Crippen LogP contribution in [0.4, 0.5) is 33.4 Å². The van der Waals surface area contributed by atoms with E-state index < -0.39 is 21.5 Å². The predicted octanol–water partition coefficient (Wildman–Crippen LogP) is 8.28. The molecule has 0 aliphatic carbocycles. The number of ether oxygens (including phenoxy) is 3. The summed E-state index contributed by atoms with van der Waals surface area (Å²) in [5.41, 5.74) is 8.75. The number of aromatic nitrogens is 1. The number of methoxy groups -OCH3 is 2. The molecule has 5 aromatic rings. The van der Waals surface area contributed by atoms with Crippen LogP contribution in [0.15, 0.2) is 85.1 Å². The van der Waals surface area contributed by atoms with Crippen molar-refractivity contribution in [3.63, 3.8) is 0 Å². The van der Waals surface area contributed by atoms with Gasteiger partial charge >= 0.3 is 6.03 Å². The van der Waals surface area contributed by atoms with Gasteiger partial charge in [-0.2, -0.15) is 0 Å². The highest BCUT2D eigenvalue weighted by atomic mass is 32.2. The second-order valence-corrected chi connectivity index (χ2v) is 18.4. The number of benzene rings is 4. The van der Waals surface area contributed by atoms with Crippen LogP contribution >= 0.6 is 0 Å². The first-order valence-corrected chi connectivity index (χ1v) is 21.9. The molecule has 0 saturated carbocycles. The highest BCUT2D eigenvalue weighted by molar-refractivity contribution is 7.92. The van der Waals surface area contributed by atoms with Crippen molar-refractivity contribution < 1.29 is 32.2 Å². The topological polar surface area (TPSA) is 177 Å². The average Bonchev–Trinajstić information content (AvgIpc) is 3.21. The van der Waals surface area contributed by atoms with E-state index in [1.165, 1.54) is 31.3 Å². The minimum absolute atomic E-state index is 0.124. The van der Waals surface area contributed by atoms with Gasteiger partial charge in [-0.25, -0.2) is 18.2 Å². The Labute approximate surface area is 351 Å². The zero-order chi connectivity index (χ0) is 42.8. The third kappa shape index (κ3) is 9.21. The molecule has 3 fully saturated rings. The lowest BCUT2D eigenvalue weighted by Crippen LogP contribution is -2.49. The van der Waals surface area contributed by atoms with Crippen molar-refractivity contribution in [1.82, 2.24) is 15.2 Å². The maximum Gasteiger partial charge on any atom is 0.324 e. The predicted molar refractivity (Wildman–Crippen MR) is 236 cm³/mol. The van der Waals surface area contributed by atoms with Gasteiger partial charge < -0.3 is 35.5 Å². The number of primary amides is 1. The summed E-state index contributed by atoms with van der Waals surface area (Å²) < 4.78 is 45.2. The molecule has 5 N–H and O–H groups in total. The maximum atomic E-state index is 13.4. The van der Waals surface area contributed by atoms with E-state index in [9.17, 15) is 18.0 Å². The summed E-state index contributed by atoms with van der Waals surface area (Å²) in [5, 5.41) is 7.72. The molecule has 3 amide bonds. The van der Waals surface area contributed by atoms with E-state index >= 15 is 0 Å². The smallest absolute Gasteiger partial charge is 0.324 e. The Kier molecular flexibility index (Phi) is 11.8. The summed E-state index contributed by atoms with van der Waals surface area (Å²) in [6, 6.07) is 22.3. The van der Waals surface area contributed by atoms with E-state index in [2.05, 4.69) is 25.2 Å². The Balaban J connectivity index is 1.12. The van der Waals surface area contributed by atoms with Crippen LogP contribution in [-0.4, -0.2) is 76.9 Å². The number of nitrogens with zero attached hydrogens (tertiary/aromatic N) is 3. The third-order valence-corrected chi connectivity index (χ3v) is 12.1. The minimum Gasteiger partial charge on any atom is -0.496 e. The molecule has 4 aromatic carbocycles. The Bertz CT molecular complexity index is 2520. The number of hydrogen-bond donors (Lipinski definition) is 4. The number of fused-ring (bicyclic) bond motifs is 4. The quantitative estimate of drug-likeness (QED) is 0.0851. The number of carbonyl (C=O) groups is 2. The molecule has 1 aromatic heterocycles. The Morgan fingerprint density at radius 2 is 1.60 bits per heavy atom. The molecule has 0 radical (unpaired) electrons. The van der Waals surface area contributed by atoms with Gasteiger partial charge in [-0.15, -0.1) is 0 Å². The van der Waals surface area contributed by atoms with Crippen LogP contribution in [0.3, 0.4) is 0 Å². The first-order chi connectivity index (χ1) is 28.6. The summed E-state index contributed by atoms with van der Waals surface area (Å²) in [5.74, 6) is 1.88. The molecular weight excluding hydrogens is 783 g/mol. The molecule has 3 aliphatic heterocycles. The number of hydrogen-bond acceptors (Lipinski definition) is 10. The number of piperidine rings is 3. The van der Waals surface area contributed by atoms with Crippen LogP contribution in [0.5, 0.6) is 23.0 Å². The van der Waals surface area contributed by atoms with E-state index in [0.29, 0.717) is 62.7 Å². The fraction of sp³-hybridized carbons (Fsp3) is 0.356. The molecule has 4 heterocycles. The van der Waals surface area contributed by atoms with Crippen LogP contribution in [0, 0.1) is 5.41 Å². The monoisotopic (exact) mass is 835 g/mol. The Hall–Kier alpha value is -6.06. The van der Waals surface area contributed by atoms with Gasteiger partial charge in [0.05, 0.1) is 43.1 Å². The lowest BCUT2D eigenvalue weighted by molar-refractivity contribution is 0.0202. The molecule has 14 nitrogen and oxygen atoms in total. The van der Waals surface area contributed by atoms with Gasteiger partial charge in [0.25, 0.3) is 5.91 Å². The van der Waals surface area contributed by atoms with Crippen LogP contribution < -0.4 is 40.2 Å². The molecule has 0 unspecified atom stereocenters. The summed E-state index contributed by atoms with van der Waals surface area (Å²) in [4.78, 5) is 35.0. The summed E-state index contributed by atoms with van der Waals surface area (Å²) in [6.07, 6.45) is 7.25. The van der Waals surface area contributed by atoms with Crippen molar-refractivity contribution in [3.8, 4) is 23.0 Å². The fourth-order valence-electron chi connectivity index (χ4n) is 8.19. The van der Waals surface area contributed by atoms with Crippen molar-refractivity contribution in [2.45, 2.75) is 51.9 Å². The summed E-state index contributed by atoms with van der Waals surface area (Å²) >= 11 is 0. The van der Waals surface area contributed by atoms with E-state index in [1.807, 2.05) is 51.1 Å². The van der Waals surface area contributed by atoms with E-state index in [0.717, 1.165) is 37.9 Å². The molecule has 3 saturated heterocycles. The van der Waals surface area contributed by atoms with Gasteiger partial charge in [0.2, 0.25) is 10.0 Å². The number of sulfonamides is 1. The fourth-order valence-corrected chi connectivity index (χ4v) is 8.74. The molecular formula is C45H53N7O7S. The number of anilines is 5. The van der Waals surface area contributed by atoms with Crippen molar-refractivity contribution in [2.24, 2.45) is 11.1 Å². The van der Waals surface area contributed by atoms with Crippen molar-refractivity contribution in [1.29, 1.82) is 0 Å². The molecule has 3 aliphatic rings. The maximum absolute atomic E-state index is 13.4. The first kappa shape index (κ1) is 42.1. The Morgan fingerprint density at radius 3 is 2.25 bits per heavy atom. The lowest BCUT2D eigenvalue weighted by atomic mass is 9.70. The Morgan fingerprint density at radius 1 is 0.883 bits per heavy atom. The molecule has 0 atom stereocenters. The molecule has 15 heteroatoms. The second-order valence-electron chi connectivity index (χ2n) is 16.6. The number of carbonyl (C=O) groups excluding carboxylic acids is 2. The molecule has 0 spiro atoms. The van der Waals surface area contributed by atoms with Gasteiger partial charge in [-0.1, -0.05) is 45.0 Å². The number of urea groups is 1. The third-order valence-electron chi connectivity index (χ3n) is 11.5. The second kappa shape index (κ2) is 16.9. The summed E-state index contributed by atoms with van der Waals surface area (Å²) in [7, 11) is -0.770. The van der Waals surface area contributed by atoms with Crippen LogP contribution in [-0.2, 0) is 15.4 Å². The number of amides is 3. The minimum atomic E-state index is -3.72. The SMILES string of the molecule is COc1cc(Nc2cc(Oc3ccc(N(C(N)=O)c4cc(C(C)(C)C)cc(NS(C)(=O)=O)c4OC)c4ccccc34)ccn2)ccc1C(=O)NCCC12CCN(CC1)CC2.